The van der Waals surface area contributed by atoms with Crippen LogP contribution in [0.25, 0.3) is 0 Å². The number of piperidine rings is 1. The molecular weight excluding hydrogens is 432 g/mol. The lowest BCUT2D eigenvalue weighted by molar-refractivity contribution is -0.132. The SMILES string of the molecule is Cc1cc(C2=NCc3cc4c(cc32)CN(CC2CCCN(Cc3ccccc3)C2)C(=O)C4)ccn1. The van der Waals surface area contributed by atoms with Gasteiger partial charge >= 0.3 is 0 Å². The predicted octanol–water partition coefficient (Wildman–Crippen LogP) is 4.54. The standard InChI is InChI=1S/C30H32N4O/c1-21-12-24(9-10-31-21)30-28-14-27-20-34(29(35)15-25(27)13-26(28)16-32-30)19-23-8-5-11-33(18-23)17-22-6-3-2-4-7-22/h2-4,6-7,9-10,12-14,23H,5,8,11,15-20H2,1H3. The number of aryl methyl sites for hydroxylation is 1. The van der Waals surface area contributed by atoms with E-state index in [4.69, 9.17) is 4.99 Å². The lowest BCUT2D eigenvalue weighted by Crippen LogP contribution is -2.44. The lowest BCUT2D eigenvalue weighted by Gasteiger charge is -2.37. The molecule has 1 atom stereocenters. The maximum Gasteiger partial charge on any atom is 0.227 e. The van der Waals surface area contributed by atoms with Gasteiger partial charge in [0.2, 0.25) is 5.91 Å². The van der Waals surface area contributed by atoms with Gasteiger partial charge in [0.25, 0.3) is 0 Å². The van der Waals surface area contributed by atoms with Crippen LogP contribution in [0.2, 0.25) is 0 Å². The van der Waals surface area contributed by atoms with E-state index in [9.17, 15) is 4.79 Å². The van der Waals surface area contributed by atoms with Crippen molar-refractivity contribution >= 4 is 11.6 Å². The molecule has 6 rings (SSSR count). The number of hydrogen-bond acceptors (Lipinski definition) is 4. The molecule has 35 heavy (non-hydrogen) atoms. The van der Waals surface area contributed by atoms with Gasteiger partial charge in [0.05, 0.1) is 18.7 Å². The van der Waals surface area contributed by atoms with Gasteiger partial charge in [-0.25, -0.2) is 0 Å². The number of amides is 1. The van der Waals surface area contributed by atoms with Crippen LogP contribution in [-0.4, -0.2) is 46.0 Å². The molecule has 178 valence electrons. The summed E-state index contributed by atoms with van der Waals surface area (Å²) < 4.78 is 0. The van der Waals surface area contributed by atoms with Crippen molar-refractivity contribution in [2.75, 3.05) is 19.6 Å². The Morgan fingerprint density at radius 1 is 1.03 bits per heavy atom. The number of hydrogen-bond donors (Lipinski definition) is 0. The number of aromatic nitrogens is 1. The van der Waals surface area contributed by atoms with Gasteiger partial charge in [0.15, 0.2) is 0 Å². The molecule has 3 aromatic rings. The first-order chi connectivity index (χ1) is 17.1. The molecule has 0 bridgehead atoms. The van der Waals surface area contributed by atoms with Crippen LogP contribution in [0.3, 0.4) is 0 Å². The largest absolute Gasteiger partial charge is 0.338 e. The Hall–Kier alpha value is -3.31. The van der Waals surface area contributed by atoms with Crippen LogP contribution in [0.1, 0.15) is 51.9 Å². The molecule has 1 saturated heterocycles. The maximum absolute atomic E-state index is 13.1. The third-order valence-corrected chi connectivity index (χ3v) is 7.64. The van der Waals surface area contributed by atoms with Crippen LogP contribution in [0.5, 0.6) is 0 Å². The van der Waals surface area contributed by atoms with Crippen molar-refractivity contribution in [1.29, 1.82) is 0 Å². The van der Waals surface area contributed by atoms with Crippen molar-refractivity contribution in [1.82, 2.24) is 14.8 Å². The summed E-state index contributed by atoms with van der Waals surface area (Å²) in [5, 5.41) is 0. The summed E-state index contributed by atoms with van der Waals surface area (Å²) in [6.07, 6.45) is 4.76. The van der Waals surface area contributed by atoms with Gasteiger partial charge in [0, 0.05) is 49.2 Å². The number of carbonyl (C=O) groups is 1. The van der Waals surface area contributed by atoms with Crippen LogP contribution >= 0.6 is 0 Å². The minimum atomic E-state index is 0.265. The van der Waals surface area contributed by atoms with E-state index in [2.05, 4.69) is 63.3 Å². The zero-order valence-corrected chi connectivity index (χ0v) is 20.4. The maximum atomic E-state index is 13.1. The molecule has 2 aromatic carbocycles. The van der Waals surface area contributed by atoms with Crippen molar-refractivity contribution in [3.63, 3.8) is 0 Å². The lowest BCUT2D eigenvalue weighted by atomic mass is 9.90. The molecule has 5 nitrogen and oxygen atoms in total. The smallest absolute Gasteiger partial charge is 0.227 e. The van der Waals surface area contributed by atoms with Crippen molar-refractivity contribution in [2.45, 2.75) is 45.8 Å². The highest BCUT2D eigenvalue weighted by molar-refractivity contribution is 6.15. The van der Waals surface area contributed by atoms with Crippen molar-refractivity contribution < 1.29 is 4.79 Å². The molecule has 0 aliphatic carbocycles. The number of likely N-dealkylation sites (tertiary alicyclic amines) is 1. The summed E-state index contributed by atoms with van der Waals surface area (Å²) in [5.41, 5.74) is 9.46. The van der Waals surface area contributed by atoms with Gasteiger partial charge < -0.3 is 4.90 Å². The zero-order chi connectivity index (χ0) is 23.8. The van der Waals surface area contributed by atoms with Gasteiger partial charge in [0.1, 0.15) is 0 Å². The highest BCUT2D eigenvalue weighted by Gasteiger charge is 2.30. The van der Waals surface area contributed by atoms with E-state index in [1.807, 2.05) is 19.2 Å². The number of nitrogens with zero attached hydrogens (tertiary/aromatic N) is 4. The molecule has 1 fully saturated rings. The number of benzene rings is 2. The molecule has 0 radical (unpaired) electrons. The van der Waals surface area contributed by atoms with E-state index >= 15 is 0 Å². The van der Waals surface area contributed by atoms with Crippen molar-refractivity contribution in [3.05, 3.63) is 99.9 Å². The number of pyridine rings is 1. The van der Waals surface area contributed by atoms with Crippen molar-refractivity contribution in [3.8, 4) is 0 Å². The van der Waals surface area contributed by atoms with Crippen LogP contribution in [0, 0.1) is 12.8 Å². The Bertz CT molecular complexity index is 1280. The average molecular weight is 465 g/mol. The summed E-state index contributed by atoms with van der Waals surface area (Å²) in [7, 11) is 0. The van der Waals surface area contributed by atoms with Gasteiger partial charge in [-0.3, -0.25) is 19.7 Å². The van der Waals surface area contributed by atoms with Crippen molar-refractivity contribution in [2.24, 2.45) is 10.9 Å². The van der Waals surface area contributed by atoms with Crippen LogP contribution in [0.4, 0.5) is 0 Å². The fourth-order valence-corrected chi connectivity index (χ4v) is 5.92. The summed E-state index contributed by atoms with van der Waals surface area (Å²) in [6, 6.07) is 19.4. The Morgan fingerprint density at radius 2 is 1.91 bits per heavy atom. The van der Waals surface area contributed by atoms with E-state index in [1.165, 1.54) is 40.7 Å². The quantitative estimate of drug-likeness (QED) is 0.557. The van der Waals surface area contributed by atoms with Crippen LogP contribution < -0.4 is 0 Å². The Morgan fingerprint density at radius 3 is 2.77 bits per heavy atom. The molecule has 0 spiro atoms. The first kappa shape index (κ1) is 22.2. The summed E-state index contributed by atoms with van der Waals surface area (Å²) in [5.74, 6) is 0.797. The Labute approximate surface area is 207 Å². The molecule has 1 amide bonds. The number of fused-ring (bicyclic) bond motifs is 2. The zero-order valence-electron chi connectivity index (χ0n) is 20.4. The topological polar surface area (TPSA) is 48.8 Å². The number of carbonyl (C=O) groups excluding carboxylic acids is 1. The first-order valence-electron chi connectivity index (χ1n) is 12.8. The van der Waals surface area contributed by atoms with E-state index in [0.29, 0.717) is 25.4 Å². The Kier molecular flexibility index (Phi) is 5.95. The second-order valence-corrected chi connectivity index (χ2v) is 10.3. The summed E-state index contributed by atoms with van der Waals surface area (Å²) in [4.78, 5) is 26.9. The highest BCUT2D eigenvalue weighted by Crippen LogP contribution is 2.31. The molecule has 3 aliphatic rings. The molecule has 1 aromatic heterocycles. The number of aliphatic imine (C=N–C) groups is 1. The Balaban J connectivity index is 1.17. The fraction of sp³-hybridized carbons (Fsp3) is 0.367. The van der Waals surface area contributed by atoms with Gasteiger partial charge in [-0.1, -0.05) is 36.4 Å². The molecular formula is C30H32N4O. The molecule has 0 N–H and O–H groups in total. The molecule has 5 heteroatoms. The van der Waals surface area contributed by atoms with E-state index in [-0.39, 0.29) is 5.91 Å². The number of rotatable bonds is 5. The molecule has 3 aliphatic heterocycles. The second-order valence-electron chi connectivity index (χ2n) is 10.3. The monoisotopic (exact) mass is 464 g/mol. The summed E-state index contributed by atoms with van der Waals surface area (Å²) >= 11 is 0. The predicted molar refractivity (Wildman–Crippen MR) is 138 cm³/mol. The summed E-state index contributed by atoms with van der Waals surface area (Å²) in [6.45, 7) is 7.47. The molecule has 0 saturated carbocycles. The van der Waals surface area contributed by atoms with E-state index in [0.717, 1.165) is 43.1 Å². The van der Waals surface area contributed by atoms with Gasteiger partial charge in [-0.2, -0.15) is 0 Å². The van der Waals surface area contributed by atoms with Crippen LogP contribution in [0.15, 0.2) is 65.8 Å². The van der Waals surface area contributed by atoms with Gasteiger partial charge in [-0.15, -0.1) is 0 Å². The molecule has 1 unspecified atom stereocenters. The normalized spacial score (nSPS) is 19.9. The third-order valence-electron chi connectivity index (χ3n) is 7.64. The second kappa shape index (κ2) is 9.38. The fourth-order valence-electron chi connectivity index (χ4n) is 5.92. The van der Waals surface area contributed by atoms with Gasteiger partial charge in [-0.05, 0) is 72.7 Å². The highest BCUT2D eigenvalue weighted by atomic mass is 16.2. The third kappa shape index (κ3) is 4.65. The van der Waals surface area contributed by atoms with Crippen LogP contribution in [-0.2, 0) is 30.8 Å². The van der Waals surface area contributed by atoms with E-state index in [1.54, 1.807) is 0 Å². The minimum absolute atomic E-state index is 0.265. The first-order valence-corrected chi connectivity index (χ1v) is 12.8. The molecule has 4 heterocycles. The van der Waals surface area contributed by atoms with E-state index < -0.39 is 0 Å². The minimum Gasteiger partial charge on any atom is -0.338 e. The average Bonchev–Trinajstić information content (AvgIpc) is 3.27.